The molecule has 0 fully saturated rings. The lowest BCUT2D eigenvalue weighted by atomic mass is 9.85. The van der Waals surface area contributed by atoms with E-state index in [9.17, 15) is 14.4 Å². The number of imide groups is 1. The highest BCUT2D eigenvalue weighted by Gasteiger charge is 2.34. The average Bonchev–Trinajstić information content (AvgIpc) is 3.01. The van der Waals surface area contributed by atoms with Crippen LogP contribution < -0.4 is 0 Å². The van der Waals surface area contributed by atoms with Crippen LogP contribution in [0, 0.1) is 0 Å². The maximum absolute atomic E-state index is 13.7. The number of benzene rings is 5. The molecule has 5 aromatic rings. The molecular weight excluding hydrogens is 550 g/mol. The summed E-state index contributed by atoms with van der Waals surface area (Å²) in [7, 11) is 0. The van der Waals surface area contributed by atoms with Gasteiger partial charge in [0, 0.05) is 42.7 Å². The van der Waals surface area contributed by atoms with Gasteiger partial charge >= 0.3 is 0 Å². The normalized spacial score (nSPS) is 13.9. The lowest BCUT2D eigenvalue weighted by Crippen LogP contribution is -2.41. The van der Waals surface area contributed by atoms with E-state index in [1.54, 1.807) is 0 Å². The van der Waals surface area contributed by atoms with Gasteiger partial charge in [-0.2, -0.15) is 0 Å². The van der Waals surface area contributed by atoms with E-state index in [-0.39, 0.29) is 23.7 Å². The summed E-state index contributed by atoms with van der Waals surface area (Å²) < 4.78 is 11.5. The second kappa shape index (κ2) is 12.3. The fraction of sp³-hybridized carbons (Fsp3) is 0.395. The Bertz CT molecular complexity index is 1770. The van der Waals surface area contributed by atoms with E-state index < -0.39 is 5.60 Å². The molecule has 6 rings (SSSR count). The van der Waals surface area contributed by atoms with Crippen LogP contribution in [-0.2, 0) is 14.3 Å². The zero-order valence-corrected chi connectivity index (χ0v) is 26.2. The summed E-state index contributed by atoms with van der Waals surface area (Å²) in [6.45, 7) is 9.11. The predicted octanol–water partition coefficient (Wildman–Crippen LogP) is 8.46. The van der Waals surface area contributed by atoms with Gasteiger partial charge in [-0.05, 0) is 103 Å². The number of amides is 2. The predicted molar refractivity (Wildman–Crippen MR) is 177 cm³/mol. The van der Waals surface area contributed by atoms with Gasteiger partial charge in [-0.3, -0.25) is 19.3 Å². The molecule has 228 valence electrons. The van der Waals surface area contributed by atoms with Crippen molar-refractivity contribution in [2.24, 2.45) is 0 Å². The van der Waals surface area contributed by atoms with Crippen LogP contribution in [-0.4, -0.2) is 54.0 Å². The van der Waals surface area contributed by atoms with Crippen molar-refractivity contribution in [3.05, 3.63) is 71.8 Å². The number of unbranched alkanes of at least 4 members (excludes halogenated alkanes) is 3. The van der Waals surface area contributed by atoms with Gasteiger partial charge in [-0.1, -0.05) is 55.0 Å². The van der Waals surface area contributed by atoms with Gasteiger partial charge in [-0.25, -0.2) is 0 Å². The summed E-state index contributed by atoms with van der Waals surface area (Å²) in [5, 5.41) is 8.52. The van der Waals surface area contributed by atoms with Crippen molar-refractivity contribution in [1.29, 1.82) is 0 Å². The van der Waals surface area contributed by atoms with E-state index in [2.05, 4.69) is 36.4 Å². The molecule has 0 saturated heterocycles. The first-order chi connectivity index (χ1) is 21.2. The monoisotopic (exact) mass is 591 g/mol. The summed E-state index contributed by atoms with van der Waals surface area (Å²) in [5.74, 6) is -0.406. The van der Waals surface area contributed by atoms with Crippen molar-refractivity contribution in [1.82, 2.24) is 4.90 Å². The number of carbonyl (C=O) groups excluding carboxylic acids is 3. The molecule has 1 aliphatic heterocycles. The van der Waals surface area contributed by atoms with Gasteiger partial charge in [0.25, 0.3) is 11.8 Å². The SMILES string of the molecule is CC(C)OCCCCCC(=O)C(C)(C)OCCCCN1C(=O)c2ccc3c4cccc5cccc(c6ccc(c2c36)C1=O)c54. The number of rotatable bonds is 14. The number of hydrogen-bond acceptors (Lipinski definition) is 5. The molecule has 1 heterocycles. The van der Waals surface area contributed by atoms with E-state index in [0.29, 0.717) is 43.5 Å². The zero-order chi connectivity index (χ0) is 31.0. The van der Waals surface area contributed by atoms with E-state index in [1.165, 1.54) is 15.7 Å². The third-order valence-electron chi connectivity index (χ3n) is 9.01. The Labute approximate surface area is 258 Å². The topological polar surface area (TPSA) is 72.9 Å². The van der Waals surface area contributed by atoms with Gasteiger partial charge in [0.15, 0.2) is 5.78 Å². The number of nitrogens with zero attached hydrogens (tertiary/aromatic N) is 1. The molecule has 0 atom stereocenters. The molecule has 0 aliphatic carbocycles. The van der Waals surface area contributed by atoms with Crippen molar-refractivity contribution < 1.29 is 23.9 Å². The van der Waals surface area contributed by atoms with Crippen LogP contribution in [0.3, 0.4) is 0 Å². The molecule has 44 heavy (non-hydrogen) atoms. The first-order valence-corrected chi connectivity index (χ1v) is 16.0. The maximum Gasteiger partial charge on any atom is 0.261 e. The summed E-state index contributed by atoms with van der Waals surface area (Å²) in [5.41, 5.74) is 0.291. The Kier molecular flexibility index (Phi) is 8.40. The second-order valence-electron chi connectivity index (χ2n) is 12.8. The molecule has 0 spiro atoms. The number of Topliss-reactive ketones (excluding diaryl/α,β-unsaturated/α-hetero) is 1. The lowest BCUT2D eigenvalue weighted by molar-refractivity contribution is -0.140. The van der Waals surface area contributed by atoms with E-state index in [1.807, 2.05) is 52.0 Å². The summed E-state index contributed by atoms with van der Waals surface area (Å²) in [4.78, 5) is 41.5. The summed E-state index contributed by atoms with van der Waals surface area (Å²) >= 11 is 0. The molecular formula is C38H41NO5. The Morgan fingerprint density at radius 1 is 0.705 bits per heavy atom. The van der Waals surface area contributed by atoms with Gasteiger partial charge in [0.05, 0.1) is 6.10 Å². The van der Waals surface area contributed by atoms with Crippen molar-refractivity contribution in [2.45, 2.75) is 77.9 Å². The molecule has 0 aromatic heterocycles. The van der Waals surface area contributed by atoms with Crippen LogP contribution >= 0.6 is 0 Å². The number of ether oxygens (including phenoxy) is 2. The quantitative estimate of drug-likeness (QED) is 0.0561. The lowest BCUT2D eigenvalue weighted by Gasteiger charge is -2.29. The molecule has 0 unspecified atom stereocenters. The first-order valence-electron chi connectivity index (χ1n) is 16.0. The van der Waals surface area contributed by atoms with Crippen molar-refractivity contribution in [3.8, 4) is 0 Å². The van der Waals surface area contributed by atoms with E-state index in [4.69, 9.17) is 9.47 Å². The highest BCUT2D eigenvalue weighted by Crippen LogP contribution is 2.43. The van der Waals surface area contributed by atoms with Crippen molar-refractivity contribution in [2.75, 3.05) is 19.8 Å². The van der Waals surface area contributed by atoms with Crippen LogP contribution in [0.15, 0.2) is 60.7 Å². The van der Waals surface area contributed by atoms with Crippen LogP contribution in [0.4, 0.5) is 0 Å². The molecule has 6 heteroatoms. The van der Waals surface area contributed by atoms with Crippen LogP contribution in [0.1, 0.15) is 86.9 Å². The molecule has 0 saturated carbocycles. The number of carbonyl (C=O) groups is 3. The van der Waals surface area contributed by atoms with Crippen LogP contribution in [0.5, 0.6) is 0 Å². The number of fused-ring (bicyclic) bond motifs is 2. The Balaban J connectivity index is 1.11. The smallest absolute Gasteiger partial charge is 0.261 e. The minimum atomic E-state index is -0.858. The fourth-order valence-electron chi connectivity index (χ4n) is 6.64. The minimum Gasteiger partial charge on any atom is -0.379 e. The fourth-order valence-corrected chi connectivity index (χ4v) is 6.64. The summed E-state index contributed by atoms with van der Waals surface area (Å²) in [6, 6.07) is 20.5. The third kappa shape index (κ3) is 5.46. The van der Waals surface area contributed by atoms with E-state index >= 15 is 0 Å². The summed E-state index contributed by atoms with van der Waals surface area (Å²) in [6.07, 6.45) is 4.69. The maximum atomic E-state index is 13.7. The molecule has 0 N–H and O–H groups in total. The molecule has 5 aromatic carbocycles. The Morgan fingerprint density at radius 3 is 1.91 bits per heavy atom. The van der Waals surface area contributed by atoms with Gasteiger partial charge in [0.1, 0.15) is 5.60 Å². The first kappa shape index (κ1) is 30.2. The second-order valence-corrected chi connectivity index (χ2v) is 12.8. The minimum absolute atomic E-state index is 0.0964. The molecule has 1 aliphatic rings. The number of ketones is 1. The molecule has 0 bridgehead atoms. The average molecular weight is 592 g/mol. The Hall–Kier alpha value is -3.87. The zero-order valence-electron chi connectivity index (χ0n) is 26.2. The molecule has 0 radical (unpaired) electrons. The van der Waals surface area contributed by atoms with Gasteiger partial charge in [0.2, 0.25) is 0 Å². The van der Waals surface area contributed by atoms with Crippen LogP contribution in [0.2, 0.25) is 0 Å². The highest BCUT2D eigenvalue weighted by molar-refractivity contribution is 6.38. The van der Waals surface area contributed by atoms with Crippen LogP contribution in [0.25, 0.3) is 43.1 Å². The van der Waals surface area contributed by atoms with Gasteiger partial charge < -0.3 is 9.47 Å². The van der Waals surface area contributed by atoms with E-state index in [0.717, 1.165) is 58.2 Å². The standard InChI is InChI=1S/C38H41NO5/c1-24(2)43-22-8-5-6-16-32(40)38(3,4)44-23-9-7-21-39-36(41)30-19-17-28-26-14-10-12-25-13-11-15-27(33(25)26)29-18-20-31(37(39)42)35(30)34(28)29/h10-15,17-20,24H,5-9,16,21-23H2,1-4H3. The van der Waals surface area contributed by atoms with Gasteiger partial charge in [-0.15, -0.1) is 0 Å². The third-order valence-corrected chi connectivity index (χ3v) is 9.01. The largest absolute Gasteiger partial charge is 0.379 e. The van der Waals surface area contributed by atoms with Crippen molar-refractivity contribution in [3.63, 3.8) is 0 Å². The highest BCUT2D eigenvalue weighted by atomic mass is 16.5. The van der Waals surface area contributed by atoms with Crippen molar-refractivity contribution >= 4 is 60.7 Å². The molecule has 2 amide bonds. The molecule has 6 nitrogen and oxygen atoms in total. The number of hydrogen-bond donors (Lipinski definition) is 0. The Morgan fingerprint density at radius 2 is 1.30 bits per heavy atom.